The number of hydrogen-bond acceptors (Lipinski definition) is 3. The van der Waals surface area contributed by atoms with Crippen LogP contribution in [-0.2, 0) is 8.85 Å². The van der Waals surface area contributed by atoms with E-state index in [9.17, 15) is 0 Å². The molecule has 3 nitrogen and oxygen atoms in total. The average Bonchev–Trinajstić information content (AvgIpc) is 2.94. The maximum atomic E-state index is 5.85. The van der Waals surface area contributed by atoms with Gasteiger partial charge in [0, 0.05) is 14.2 Å². The molecule has 0 aromatic carbocycles. The second-order valence-electron chi connectivity index (χ2n) is 7.63. The van der Waals surface area contributed by atoms with Gasteiger partial charge in [0.2, 0.25) is 0 Å². The highest BCUT2D eigenvalue weighted by Gasteiger charge is 2.39. The molecule has 138 valence electrons. The number of nitrogens with zero attached hydrogens (tertiary/aromatic N) is 1. The van der Waals surface area contributed by atoms with Crippen LogP contribution in [0.25, 0.3) is 0 Å². The molecule has 1 saturated heterocycles. The molecule has 0 aliphatic carbocycles. The summed E-state index contributed by atoms with van der Waals surface area (Å²) in [5.41, 5.74) is 0. The molecule has 1 atom stereocenters. The third-order valence-corrected chi connectivity index (χ3v) is 12.5. The zero-order chi connectivity index (χ0) is 17.2. The van der Waals surface area contributed by atoms with E-state index in [4.69, 9.17) is 8.85 Å². The Kier molecular flexibility index (Phi) is 10.2. The van der Waals surface area contributed by atoms with Crippen molar-refractivity contribution in [2.75, 3.05) is 27.3 Å². The van der Waals surface area contributed by atoms with Crippen LogP contribution in [0.4, 0.5) is 0 Å². The topological polar surface area (TPSA) is 21.7 Å². The molecular formula is C18H41NO2Si2. The lowest BCUT2D eigenvalue weighted by Crippen LogP contribution is -2.48. The fourth-order valence-electron chi connectivity index (χ4n) is 4.09. The molecule has 0 aromatic heterocycles. The van der Waals surface area contributed by atoms with Crippen molar-refractivity contribution in [2.45, 2.75) is 89.3 Å². The van der Waals surface area contributed by atoms with Crippen molar-refractivity contribution in [1.29, 1.82) is 0 Å². The summed E-state index contributed by atoms with van der Waals surface area (Å²) in [6.45, 7) is 9.62. The van der Waals surface area contributed by atoms with E-state index >= 15 is 0 Å². The molecule has 1 heterocycles. The first-order valence-electron chi connectivity index (χ1n) is 9.85. The number of rotatable bonds is 13. The maximum absolute atomic E-state index is 5.85. The Bertz CT molecular complexity index is 313. The Hall–Kier alpha value is 0.314. The van der Waals surface area contributed by atoms with Gasteiger partial charge in [0.15, 0.2) is 9.76 Å². The largest absolute Gasteiger partial charge is 0.427 e. The zero-order valence-corrected chi connectivity index (χ0v) is 18.9. The summed E-state index contributed by atoms with van der Waals surface area (Å²) in [4.78, 5) is 0. The summed E-state index contributed by atoms with van der Waals surface area (Å²) in [7, 11) is 1.98. The van der Waals surface area contributed by atoms with Crippen LogP contribution in [0.2, 0.25) is 17.6 Å². The van der Waals surface area contributed by atoms with Gasteiger partial charge >= 0.3 is 0 Å². The van der Waals surface area contributed by atoms with Crippen molar-refractivity contribution in [2.24, 2.45) is 0 Å². The third kappa shape index (κ3) is 6.61. The Morgan fingerprint density at radius 3 is 2.30 bits per heavy atom. The molecule has 0 aromatic rings. The van der Waals surface area contributed by atoms with E-state index in [-0.39, 0.29) is 9.76 Å². The second kappa shape index (κ2) is 11.0. The summed E-state index contributed by atoms with van der Waals surface area (Å²) < 4.78 is 14.1. The van der Waals surface area contributed by atoms with Crippen LogP contribution in [0.3, 0.4) is 0 Å². The first-order valence-corrected chi connectivity index (χ1v) is 13.7. The molecule has 1 rings (SSSR count). The van der Waals surface area contributed by atoms with Crippen molar-refractivity contribution in [1.82, 2.24) is 4.57 Å². The first-order chi connectivity index (χ1) is 11.1. The smallest absolute Gasteiger partial charge is 0.267 e. The van der Waals surface area contributed by atoms with Gasteiger partial charge < -0.3 is 13.4 Å². The SMILES string of the molecule is CCC(CC)(CCCCCCCN1CCC[Si]1(C)OC)[SiH2]OC. The summed E-state index contributed by atoms with van der Waals surface area (Å²) in [5.74, 6) is 0. The molecule has 23 heavy (non-hydrogen) atoms. The van der Waals surface area contributed by atoms with Gasteiger partial charge in [-0.15, -0.1) is 0 Å². The van der Waals surface area contributed by atoms with E-state index in [2.05, 4.69) is 25.0 Å². The van der Waals surface area contributed by atoms with Gasteiger partial charge in [0.25, 0.3) is 8.48 Å². The Balaban J connectivity index is 2.11. The van der Waals surface area contributed by atoms with Gasteiger partial charge in [0.05, 0.1) is 0 Å². The minimum absolute atomic E-state index is 0.357. The van der Waals surface area contributed by atoms with Crippen LogP contribution in [0.15, 0.2) is 0 Å². The van der Waals surface area contributed by atoms with Gasteiger partial charge in [-0.25, -0.2) is 0 Å². The van der Waals surface area contributed by atoms with Gasteiger partial charge in [-0.3, -0.25) is 0 Å². The standard InChI is InChI=1S/C18H41NO2Si2/c1-6-18(7-2,22-20-3)14-11-9-8-10-12-15-19-16-13-17-23(19,5)21-4/h6-17,22H2,1-5H3. The molecule has 0 amide bonds. The molecule has 5 heteroatoms. The van der Waals surface area contributed by atoms with Crippen molar-refractivity contribution < 1.29 is 8.85 Å². The normalized spacial score (nSPS) is 23.3. The van der Waals surface area contributed by atoms with Gasteiger partial charge in [0.1, 0.15) is 0 Å². The number of hydrogen-bond donors (Lipinski definition) is 0. The quantitative estimate of drug-likeness (QED) is 0.358. The summed E-state index contributed by atoms with van der Waals surface area (Å²) >= 11 is 0. The van der Waals surface area contributed by atoms with E-state index in [0.717, 1.165) is 0 Å². The van der Waals surface area contributed by atoms with E-state index in [1.807, 2.05) is 14.2 Å². The Morgan fingerprint density at radius 2 is 1.70 bits per heavy atom. The first kappa shape index (κ1) is 21.4. The zero-order valence-electron chi connectivity index (χ0n) is 16.5. The van der Waals surface area contributed by atoms with E-state index in [0.29, 0.717) is 5.04 Å². The highest BCUT2D eigenvalue weighted by Crippen LogP contribution is 2.39. The maximum Gasteiger partial charge on any atom is 0.267 e. The minimum Gasteiger partial charge on any atom is -0.427 e. The van der Waals surface area contributed by atoms with Crippen molar-refractivity contribution in [3.8, 4) is 0 Å². The third-order valence-electron chi connectivity index (χ3n) is 6.26. The number of unbranched alkanes of at least 4 members (excludes halogenated alkanes) is 4. The lowest BCUT2D eigenvalue weighted by molar-refractivity contribution is 0.311. The van der Waals surface area contributed by atoms with E-state index < -0.39 is 8.48 Å². The van der Waals surface area contributed by atoms with Gasteiger partial charge in [-0.05, 0) is 50.0 Å². The molecule has 0 radical (unpaired) electrons. The molecule has 0 bridgehead atoms. The molecule has 0 saturated carbocycles. The predicted molar refractivity (Wildman–Crippen MR) is 106 cm³/mol. The Labute approximate surface area is 148 Å². The highest BCUT2D eigenvalue weighted by atomic mass is 28.4. The van der Waals surface area contributed by atoms with E-state index in [1.165, 1.54) is 76.9 Å². The minimum atomic E-state index is -1.48. The fourth-order valence-corrected chi connectivity index (χ4v) is 8.36. The summed E-state index contributed by atoms with van der Waals surface area (Å²) in [5, 5.41) is 0.566. The van der Waals surface area contributed by atoms with Crippen LogP contribution in [0.1, 0.15) is 71.6 Å². The predicted octanol–water partition coefficient (Wildman–Crippen LogP) is 4.46. The van der Waals surface area contributed by atoms with E-state index in [1.54, 1.807) is 0 Å². The van der Waals surface area contributed by atoms with Crippen molar-refractivity contribution in [3.05, 3.63) is 0 Å². The second-order valence-corrected chi connectivity index (χ2v) is 13.9. The molecule has 0 N–H and O–H groups in total. The summed E-state index contributed by atoms with van der Waals surface area (Å²) in [6, 6.07) is 1.32. The lowest BCUT2D eigenvalue weighted by atomic mass is 9.94. The molecule has 0 spiro atoms. The molecule has 1 aliphatic heterocycles. The summed E-state index contributed by atoms with van der Waals surface area (Å²) in [6.07, 6.45) is 12.3. The Morgan fingerprint density at radius 1 is 1.04 bits per heavy atom. The lowest BCUT2D eigenvalue weighted by Gasteiger charge is -2.31. The van der Waals surface area contributed by atoms with Gasteiger partial charge in [-0.2, -0.15) is 0 Å². The van der Waals surface area contributed by atoms with Crippen LogP contribution >= 0.6 is 0 Å². The monoisotopic (exact) mass is 359 g/mol. The van der Waals surface area contributed by atoms with Crippen molar-refractivity contribution >= 4 is 18.2 Å². The fraction of sp³-hybridized carbons (Fsp3) is 1.00. The molecule has 1 aliphatic rings. The van der Waals surface area contributed by atoms with Crippen LogP contribution < -0.4 is 0 Å². The molecule has 1 fully saturated rings. The van der Waals surface area contributed by atoms with Crippen molar-refractivity contribution in [3.63, 3.8) is 0 Å². The molecular weight excluding hydrogens is 318 g/mol. The molecule has 1 unspecified atom stereocenters. The highest BCUT2D eigenvalue weighted by molar-refractivity contribution is 6.70. The van der Waals surface area contributed by atoms with Crippen LogP contribution in [0.5, 0.6) is 0 Å². The van der Waals surface area contributed by atoms with Crippen LogP contribution in [0, 0.1) is 0 Å². The van der Waals surface area contributed by atoms with Gasteiger partial charge in [-0.1, -0.05) is 52.4 Å². The van der Waals surface area contributed by atoms with Crippen LogP contribution in [-0.4, -0.2) is 50.1 Å². The average molecular weight is 360 g/mol.